The SMILES string of the molecule is CCOC(=O)N1CCC(CC(C)c2ccccc2)(OC)CC1. The second kappa shape index (κ2) is 7.63. The lowest BCUT2D eigenvalue weighted by Crippen LogP contribution is -2.48. The Balaban J connectivity index is 1.95. The minimum absolute atomic E-state index is 0.141. The smallest absolute Gasteiger partial charge is 0.409 e. The third-order valence-electron chi connectivity index (χ3n) is 4.68. The Kier molecular flexibility index (Phi) is 5.83. The zero-order valence-corrected chi connectivity index (χ0v) is 13.9. The Morgan fingerprint density at radius 3 is 2.45 bits per heavy atom. The number of hydrogen-bond acceptors (Lipinski definition) is 3. The molecule has 1 aromatic rings. The van der Waals surface area contributed by atoms with Crippen LogP contribution in [0.15, 0.2) is 30.3 Å². The predicted octanol–water partition coefficient (Wildman–Crippen LogP) is 3.82. The van der Waals surface area contributed by atoms with E-state index in [9.17, 15) is 4.79 Å². The van der Waals surface area contributed by atoms with E-state index in [0.717, 1.165) is 19.3 Å². The van der Waals surface area contributed by atoms with Gasteiger partial charge in [-0.25, -0.2) is 4.79 Å². The number of benzene rings is 1. The molecule has 0 spiro atoms. The Hall–Kier alpha value is -1.55. The Morgan fingerprint density at radius 1 is 1.27 bits per heavy atom. The van der Waals surface area contributed by atoms with Crippen molar-refractivity contribution in [2.24, 2.45) is 0 Å². The largest absolute Gasteiger partial charge is 0.450 e. The molecule has 1 unspecified atom stereocenters. The van der Waals surface area contributed by atoms with Gasteiger partial charge in [0.05, 0.1) is 12.2 Å². The van der Waals surface area contributed by atoms with Crippen molar-refractivity contribution in [2.45, 2.75) is 44.6 Å². The molecule has 0 radical (unpaired) electrons. The first kappa shape index (κ1) is 16.8. The van der Waals surface area contributed by atoms with Crippen LogP contribution in [0.25, 0.3) is 0 Å². The highest BCUT2D eigenvalue weighted by atomic mass is 16.6. The fraction of sp³-hybridized carbons (Fsp3) is 0.611. The van der Waals surface area contributed by atoms with Crippen LogP contribution in [0.1, 0.15) is 44.6 Å². The van der Waals surface area contributed by atoms with Gasteiger partial charge in [0, 0.05) is 20.2 Å². The van der Waals surface area contributed by atoms with Crippen LogP contribution in [0.2, 0.25) is 0 Å². The van der Waals surface area contributed by atoms with E-state index in [1.165, 1.54) is 5.56 Å². The molecule has 1 aliphatic heterocycles. The van der Waals surface area contributed by atoms with Crippen LogP contribution in [0.5, 0.6) is 0 Å². The fourth-order valence-electron chi connectivity index (χ4n) is 3.26. The average molecular weight is 305 g/mol. The summed E-state index contributed by atoms with van der Waals surface area (Å²) in [6, 6.07) is 10.5. The molecule has 1 aromatic carbocycles. The molecular formula is C18H27NO3. The lowest BCUT2D eigenvalue weighted by Gasteiger charge is -2.41. The number of carbonyl (C=O) groups is 1. The Morgan fingerprint density at radius 2 is 1.91 bits per heavy atom. The number of amides is 1. The summed E-state index contributed by atoms with van der Waals surface area (Å²) in [6.45, 7) is 5.91. The molecule has 1 saturated heterocycles. The molecule has 22 heavy (non-hydrogen) atoms. The second-order valence-electron chi connectivity index (χ2n) is 6.09. The van der Waals surface area contributed by atoms with Gasteiger partial charge in [-0.1, -0.05) is 37.3 Å². The molecule has 1 fully saturated rings. The standard InChI is InChI=1S/C18H27NO3/c1-4-22-17(20)19-12-10-18(21-3,11-13-19)14-15(2)16-8-6-5-7-9-16/h5-9,15H,4,10-14H2,1-3H3. The normalized spacial score (nSPS) is 18.8. The van der Waals surface area contributed by atoms with Crippen molar-refractivity contribution in [3.05, 3.63) is 35.9 Å². The van der Waals surface area contributed by atoms with Gasteiger partial charge in [-0.2, -0.15) is 0 Å². The quantitative estimate of drug-likeness (QED) is 0.830. The van der Waals surface area contributed by atoms with Gasteiger partial charge in [0.2, 0.25) is 0 Å². The molecule has 0 bridgehead atoms. The van der Waals surface area contributed by atoms with Gasteiger partial charge >= 0.3 is 6.09 Å². The Labute approximate surface area is 133 Å². The molecular weight excluding hydrogens is 278 g/mol. The lowest BCUT2D eigenvalue weighted by atomic mass is 9.81. The maximum Gasteiger partial charge on any atom is 0.409 e. The highest BCUT2D eigenvalue weighted by Crippen LogP contribution is 2.35. The minimum atomic E-state index is -0.205. The summed E-state index contributed by atoms with van der Waals surface area (Å²) in [5, 5.41) is 0. The number of hydrogen-bond donors (Lipinski definition) is 0. The zero-order valence-electron chi connectivity index (χ0n) is 13.9. The molecule has 4 nitrogen and oxygen atoms in total. The van der Waals surface area contributed by atoms with Crippen molar-refractivity contribution in [2.75, 3.05) is 26.8 Å². The van der Waals surface area contributed by atoms with E-state index in [4.69, 9.17) is 9.47 Å². The molecule has 0 aliphatic carbocycles. The van der Waals surface area contributed by atoms with Crippen molar-refractivity contribution in [1.29, 1.82) is 0 Å². The van der Waals surface area contributed by atoms with Crippen LogP contribution in [-0.4, -0.2) is 43.4 Å². The molecule has 0 N–H and O–H groups in total. The maximum atomic E-state index is 11.8. The van der Waals surface area contributed by atoms with Gasteiger partial charge in [0.15, 0.2) is 0 Å². The maximum absolute atomic E-state index is 11.8. The van der Waals surface area contributed by atoms with E-state index in [-0.39, 0.29) is 11.7 Å². The Bertz CT molecular complexity index is 466. The molecule has 2 rings (SSSR count). The van der Waals surface area contributed by atoms with Crippen LogP contribution in [0, 0.1) is 0 Å². The van der Waals surface area contributed by atoms with E-state index in [1.54, 1.807) is 12.0 Å². The topological polar surface area (TPSA) is 38.8 Å². The fourth-order valence-corrected chi connectivity index (χ4v) is 3.26. The molecule has 122 valence electrons. The van der Waals surface area contributed by atoms with Crippen molar-refractivity contribution >= 4 is 6.09 Å². The molecule has 1 aliphatic rings. The summed E-state index contributed by atoms with van der Waals surface area (Å²) in [6.07, 6.45) is 2.49. The number of methoxy groups -OCH3 is 1. The average Bonchev–Trinajstić information content (AvgIpc) is 2.56. The molecule has 4 heteroatoms. The summed E-state index contributed by atoms with van der Waals surface area (Å²) < 4.78 is 11.0. The highest BCUT2D eigenvalue weighted by molar-refractivity contribution is 5.67. The molecule has 1 heterocycles. The number of carbonyl (C=O) groups excluding carboxylic acids is 1. The van der Waals surface area contributed by atoms with Crippen molar-refractivity contribution in [1.82, 2.24) is 4.90 Å². The number of likely N-dealkylation sites (tertiary alicyclic amines) is 1. The van der Waals surface area contributed by atoms with Crippen molar-refractivity contribution < 1.29 is 14.3 Å². The lowest BCUT2D eigenvalue weighted by molar-refractivity contribution is -0.0635. The third kappa shape index (κ3) is 4.01. The van der Waals surface area contributed by atoms with E-state index in [0.29, 0.717) is 25.6 Å². The van der Waals surface area contributed by atoms with Gasteiger partial charge in [-0.15, -0.1) is 0 Å². The molecule has 0 aromatic heterocycles. The summed E-state index contributed by atoms with van der Waals surface area (Å²) in [5.41, 5.74) is 1.20. The van der Waals surface area contributed by atoms with Crippen LogP contribution < -0.4 is 0 Å². The van der Waals surface area contributed by atoms with Gasteiger partial charge < -0.3 is 14.4 Å². The van der Waals surface area contributed by atoms with Gasteiger partial charge in [-0.05, 0) is 37.7 Å². The van der Waals surface area contributed by atoms with Gasteiger partial charge in [-0.3, -0.25) is 0 Å². The van der Waals surface area contributed by atoms with Gasteiger partial charge in [0.1, 0.15) is 0 Å². The number of ether oxygens (including phenoxy) is 2. The first-order valence-electron chi connectivity index (χ1n) is 8.12. The summed E-state index contributed by atoms with van der Waals surface area (Å²) in [5.74, 6) is 0.440. The summed E-state index contributed by atoms with van der Waals surface area (Å²) >= 11 is 0. The molecule has 0 saturated carbocycles. The molecule has 1 atom stereocenters. The monoisotopic (exact) mass is 305 g/mol. The number of piperidine rings is 1. The predicted molar refractivity (Wildman–Crippen MR) is 87.0 cm³/mol. The van der Waals surface area contributed by atoms with E-state index in [1.807, 2.05) is 13.0 Å². The van der Waals surface area contributed by atoms with Crippen molar-refractivity contribution in [3.63, 3.8) is 0 Å². The number of rotatable bonds is 5. The van der Waals surface area contributed by atoms with E-state index < -0.39 is 0 Å². The first-order chi connectivity index (χ1) is 10.6. The van der Waals surface area contributed by atoms with Crippen LogP contribution in [-0.2, 0) is 9.47 Å². The van der Waals surface area contributed by atoms with E-state index in [2.05, 4.69) is 31.2 Å². The van der Waals surface area contributed by atoms with Crippen LogP contribution in [0.3, 0.4) is 0 Å². The van der Waals surface area contributed by atoms with Crippen LogP contribution in [0.4, 0.5) is 4.79 Å². The minimum Gasteiger partial charge on any atom is -0.450 e. The molecule has 1 amide bonds. The van der Waals surface area contributed by atoms with Crippen LogP contribution >= 0.6 is 0 Å². The zero-order chi connectivity index (χ0) is 16.0. The summed E-state index contributed by atoms with van der Waals surface area (Å²) in [4.78, 5) is 13.6. The van der Waals surface area contributed by atoms with E-state index >= 15 is 0 Å². The third-order valence-corrected chi connectivity index (χ3v) is 4.68. The number of nitrogens with zero attached hydrogens (tertiary/aromatic N) is 1. The van der Waals surface area contributed by atoms with Gasteiger partial charge in [0.25, 0.3) is 0 Å². The summed E-state index contributed by atoms with van der Waals surface area (Å²) in [7, 11) is 1.79. The highest BCUT2D eigenvalue weighted by Gasteiger charge is 2.37. The first-order valence-corrected chi connectivity index (χ1v) is 8.12. The van der Waals surface area contributed by atoms with Crippen molar-refractivity contribution in [3.8, 4) is 0 Å². The second-order valence-corrected chi connectivity index (χ2v) is 6.09.